The van der Waals surface area contributed by atoms with Crippen molar-refractivity contribution >= 4 is 23.5 Å². The van der Waals surface area contributed by atoms with Crippen molar-refractivity contribution in [3.63, 3.8) is 0 Å². The maximum Gasteiger partial charge on any atom is 0.225 e. The van der Waals surface area contributed by atoms with Crippen LogP contribution in [0.1, 0.15) is 6.92 Å². The molecule has 0 bridgehead atoms. The zero-order valence-corrected chi connectivity index (χ0v) is 14.1. The molecule has 0 amide bonds. The first kappa shape index (κ1) is 16.1. The Morgan fingerprint density at radius 3 is 2.71 bits per heavy atom. The van der Waals surface area contributed by atoms with Crippen molar-refractivity contribution < 1.29 is 4.74 Å². The van der Waals surface area contributed by atoms with Crippen LogP contribution in [-0.4, -0.2) is 37.9 Å². The molecule has 0 saturated heterocycles. The summed E-state index contributed by atoms with van der Waals surface area (Å²) in [6.07, 6.45) is 1.88. The van der Waals surface area contributed by atoms with E-state index in [0.717, 1.165) is 12.1 Å². The van der Waals surface area contributed by atoms with Crippen LogP contribution in [0.5, 0.6) is 11.6 Å². The average Bonchev–Trinajstić information content (AvgIpc) is 3.04. The Kier molecular flexibility index (Phi) is 4.80. The summed E-state index contributed by atoms with van der Waals surface area (Å²) in [5.41, 5.74) is 6.65. The van der Waals surface area contributed by atoms with Gasteiger partial charge in [-0.1, -0.05) is 11.8 Å². The third-order valence-electron chi connectivity index (χ3n) is 3.07. The number of ether oxygens (including phenoxy) is 1. The van der Waals surface area contributed by atoms with E-state index in [1.54, 1.807) is 6.07 Å². The molecule has 0 spiro atoms. The van der Waals surface area contributed by atoms with Gasteiger partial charge in [0, 0.05) is 18.2 Å². The van der Waals surface area contributed by atoms with Gasteiger partial charge in [0.25, 0.3) is 0 Å². The van der Waals surface area contributed by atoms with E-state index in [4.69, 9.17) is 10.5 Å². The van der Waals surface area contributed by atoms with Crippen LogP contribution in [-0.2, 0) is 0 Å². The van der Waals surface area contributed by atoms with E-state index in [9.17, 15) is 0 Å². The lowest BCUT2D eigenvalue weighted by Gasteiger charge is -2.07. The fraction of sp³-hybridized carbons (Fsp3) is 0.200. The smallest absolute Gasteiger partial charge is 0.225 e. The summed E-state index contributed by atoms with van der Waals surface area (Å²) in [7, 11) is 0. The Bertz CT molecular complexity index is 819. The first-order valence-corrected chi connectivity index (χ1v) is 8.54. The van der Waals surface area contributed by atoms with Gasteiger partial charge in [0.05, 0.1) is 0 Å². The second-order valence-electron chi connectivity index (χ2n) is 4.80. The summed E-state index contributed by atoms with van der Waals surface area (Å²) in [6.45, 7) is 2.78. The van der Waals surface area contributed by atoms with E-state index >= 15 is 0 Å². The summed E-state index contributed by atoms with van der Waals surface area (Å²) in [6, 6.07) is 9.05. The van der Waals surface area contributed by atoms with Gasteiger partial charge in [-0.3, -0.25) is 0 Å². The summed E-state index contributed by atoms with van der Waals surface area (Å²) < 4.78 is 5.73. The molecule has 0 atom stereocenters. The maximum atomic E-state index is 5.75. The number of benzene rings is 1. The molecule has 124 valence electrons. The van der Waals surface area contributed by atoms with Crippen molar-refractivity contribution in [2.24, 2.45) is 0 Å². The minimum atomic E-state index is 0.374. The molecule has 2 heterocycles. The molecule has 0 saturated carbocycles. The number of nitrogen functional groups attached to an aromatic ring is 1. The van der Waals surface area contributed by atoms with Gasteiger partial charge in [0.15, 0.2) is 11.0 Å². The lowest BCUT2D eigenvalue weighted by atomic mass is 10.2. The third kappa shape index (κ3) is 3.74. The van der Waals surface area contributed by atoms with Gasteiger partial charge >= 0.3 is 0 Å². The fourth-order valence-corrected chi connectivity index (χ4v) is 2.38. The highest BCUT2D eigenvalue weighted by atomic mass is 32.2. The van der Waals surface area contributed by atoms with Crippen LogP contribution in [0, 0.1) is 0 Å². The Morgan fingerprint density at radius 2 is 2.00 bits per heavy atom. The lowest BCUT2D eigenvalue weighted by molar-refractivity contribution is 0.456. The Balaban J connectivity index is 1.75. The second-order valence-corrected chi connectivity index (χ2v) is 5.57. The number of hydrogen-bond acceptors (Lipinski definition) is 8. The quantitative estimate of drug-likeness (QED) is 0.462. The molecule has 0 radical (unpaired) electrons. The Hall–Kier alpha value is -2.81. The van der Waals surface area contributed by atoms with Crippen LogP contribution in [0.2, 0.25) is 0 Å². The molecule has 0 aliphatic carbocycles. The number of aromatic amines is 1. The molecule has 2 aromatic heterocycles. The Labute approximate surface area is 143 Å². The van der Waals surface area contributed by atoms with Gasteiger partial charge in [-0.05, 0) is 37.4 Å². The highest BCUT2D eigenvalue weighted by Crippen LogP contribution is 2.25. The molecule has 0 unspecified atom stereocenters. The van der Waals surface area contributed by atoms with E-state index < -0.39 is 0 Å². The van der Waals surface area contributed by atoms with Gasteiger partial charge in [-0.15, -0.1) is 10.2 Å². The van der Waals surface area contributed by atoms with Crippen LogP contribution < -0.4 is 15.8 Å². The minimum Gasteiger partial charge on any atom is -0.439 e. The van der Waals surface area contributed by atoms with E-state index in [0.29, 0.717) is 34.4 Å². The van der Waals surface area contributed by atoms with Crippen molar-refractivity contribution in [1.29, 1.82) is 0 Å². The predicted octanol–water partition coefficient (Wildman–Crippen LogP) is 2.79. The number of nitrogens with one attached hydrogen (secondary N) is 2. The SMILES string of the molecule is CCNc1nnc(-c2ccc(Oc3cc(N)nc(SC)n3)cc2)[nH]1. The Morgan fingerprint density at radius 1 is 1.21 bits per heavy atom. The molecule has 24 heavy (non-hydrogen) atoms. The third-order valence-corrected chi connectivity index (χ3v) is 3.61. The van der Waals surface area contributed by atoms with Crippen LogP contribution in [0.3, 0.4) is 0 Å². The number of nitrogens with two attached hydrogens (primary N) is 1. The summed E-state index contributed by atoms with van der Waals surface area (Å²) >= 11 is 1.41. The summed E-state index contributed by atoms with van der Waals surface area (Å²) in [5, 5.41) is 11.8. The second kappa shape index (κ2) is 7.18. The first-order valence-electron chi connectivity index (χ1n) is 7.31. The molecule has 3 aromatic rings. The van der Waals surface area contributed by atoms with Crippen LogP contribution in [0.15, 0.2) is 35.5 Å². The molecule has 0 aliphatic rings. The highest BCUT2D eigenvalue weighted by molar-refractivity contribution is 7.98. The van der Waals surface area contributed by atoms with Gasteiger partial charge in [0.1, 0.15) is 11.6 Å². The zero-order valence-electron chi connectivity index (χ0n) is 13.3. The first-order chi connectivity index (χ1) is 11.7. The largest absolute Gasteiger partial charge is 0.439 e. The normalized spacial score (nSPS) is 10.6. The van der Waals surface area contributed by atoms with Gasteiger partial charge in [0.2, 0.25) is 11.8 Å². The average molecular weight is 343 g/mol. The monoisotopic (exact) mass is 343 g/mol. The van der Waals surface area contributed by atoms with Gasteiger partial charge in [-0.2, -0.15) is 4.98 Å². The molecular weight excluding hydrogens is 326 g/mol. The van der Waals surface area contributed by atoms with Crippen LogP contribution in [0.4, 0.5) is 11.8 Å². The molecule has 1 aromatic carbocycles. The standard InChI is InChI=1S/C15H17N7OS/c1-3-17-14-20-13(21-22-14)9-4-6-10(7-5-9)23-12-8-11(16)18-15(19-12)24-2/h4-8H,3H2,1-2H3,(H2,16,18,19)(H2,17,20,21,22). The van der Waals surface area contributed by atoms with Crippen molar-refractivity contribution in [3.05, 3.63) is 30.3 Å². The number of aromatic nitrogens is 5. The van der Waals surface area contributed by atoms with E-state index in [2.05, 4.69) is 30.5 Å². The summed E-state index contributed by atoms with van der Waals surface area (Å²) in [5.74, 6) is 2.77. The molecule has 0 aliphatic heterocycles. The molecule has 3 rings (SSSR count). The van der Waals surface area contributed by atoms with Crippen molar-refractivity contribution in [2.75, 3.05) is 23.9 Å². The molecule has 0 fully saturated rings. The molecule has 9 heteroatoms. The lowest BCUT2D eigenvalue weighted by Crippen LogP contribution is -1.97. The number of nitrogens with zero attached hydrogens (tertiary/aromatic N) is 4. The van der Waals surface area contributed by atoms with Gasteiger partial charge in [-0.25, -0.2) is 4.98 Å². The maximum absolute atomic E-state index is 5.75. The molecule has 4 N–H and O–H groups in total. The number of rotatable bonds is 6. The van der Waals surface area contributed by atoms with E-state index in [1.165, 1.54) is 11.8 Å². The number of hydrogen-bond donors (Lipinski definition) is 3. The number of anilines is 2. The fourth-order valence-electron chi connectivity index (χ4n) is 2.00. The van der Waals surface area contributed by atoms with Crippen LogP contribution >= 0.6 is 11.8 Å². The molecule has 8 nitrogen and oxygen atoms in total. The van der Waals surface area contributed by atoms with Crippen molar-refractivity contribution in [3.8, 4) is 23.0 Å². The zero-order chi connectivity index (χ0) is 16.9. The van der Waals surface area contributed by atoms with Gasteiger partial charge < -0.3 is 20.8 Å². The highest BCUT2D eigenvalue weighted by Gasteiger charge is 2.07. The topological polar surface area (TPSA) is 115 Å². The number of H-pyrrole nitrogens is 1. The number of thioether (sulfide) groups is 1. The summed E-state index contributed by atoms with van der Waals surface area (Å²) in [4.78, 5) is 11.5. The predicted molar refractivity (Wildman–Crippen MR) is 94.3 cm³/mol. The van der Waals surface area contributed by atoms with Crippen molar-refractivity contribution in [1.82, 2.24) is 25.1 Å². The van der Waals surface area contributed by atoms with E-state index in [-0.39, 0.29) is 0 Å². The van der Waals surface area contributed by atoms with Crippen molar-refractivity contribution in [2.45, 2.75) is 12.1 Å². The minimum absolute atomic E-state index is 0.374. The van der Waals surface area contributed by atoms with E-state index in [1.807, 2.05) is 37.4 Å². The molecular formula is C15H17N7OS. The van der Waals surface area contributed by atoms with Crippen LogP contribution in [0.25, 0.3) is 11.4 Å².